The molecule has 0 aromatic heterocycles. The van der Waals surface area contributed by atoms with E-state index >= 15 is 0 Å². The lowest BCUT2D eigenvalue weighted by atomic mass is 9.98. The number of nitrogens with two attached hydrogens (primary N) is 1. The van der Waals surface area contributed by atoms with Gasteiger partial charge in [0.2, 0.25) is 5.91 Å². The van der Waals surface area contributed by atoms with E-state index in [1.165, 1.54) is 0 Å². The van der Waals surface area contributed by atoms with Crippen molar-refractivity contribution in [2.75, 3.05) is 26.2 Å². The van der Waals surface area contributed by atoms with Crippen molar-refractivity contribution in [2.45, 2.75) is 38.5 Å². The predicted molar refractivity (Wildman–Crippen MR) is 67.0 cm³/mol. The van der Waals surface area contributed by atoms with Gasteiger partial charge in [0.05, 0.1) is 0 Å². The third kappa shape index (κ3) is 6.00. The smallest absolute Gasteiger partial charge is 0.233 e. The Morgan fingerprint density at radius 1 is 1.29 bits per heavy atom. The van der Waals surface area contributed by atoms with Gasteiger partial charge in [0, 0.05) is 13.0 Å². The van der Waals surface area contributed by atoms with Crippen molar-refractivity contribution in [2.24, 2.45) is 11.8 Å². The van der Waals surface area contributed by atoms with Crippen LogP contribution >= 0.6 is 0 Å². The van der Waals surface area contributed by atoms with E-state index in [0.29, 0.717) is 18.9 Å². The topological polar surface area (TPSA) is 78.6 Å². The minimum absolute atomic E-state index is 0.0752. The molecule has 5 heteroatoms. The maximum absolute atomic E-state index is 10.9. The van der Waals surface area contributed by atoms with E-state index in [0.717, 1.165) is 51.7 Å². The second kappa shape index (κ2) is 8.44. The molecule has 1 rings (SSSR count). The fourth-order valence-corrected chi connectivity index (χ4v) is 2.26. The number of rotatable bonds is 7. The second-order valence-corrected chi connectivity index (χ2v) is 4.85. The van der Waals surface area contributed by atoms with Gasteiger partial charge in [-0.2, -0.15) is 0 Å². The largest absolute Gasteiger partial charge is 0.396 e. The summed E-state index contributed by atoms with van der Waals surface area (Å²) in [6.07, 6.45) is 5.90. The lowest BCUT2D eigenvalue weighted by Crippen LogP contribution is -2.35. The summed E-state index contributed by atoms with van der Waals surface area (Å²) in [4.78, 5) is 13.3. The number of piperidine rings is 1. The van der Waals surface area contributed by atoms with E-state index in [-0.39, 0.29) is 5.91 Å². The van der Waals surface area contributed by atoms with Crippen LogP contribution in [0.1, 0.15) is 38.5 Å². The molecule has 1 aliphatic heterocycles. The molecule has 0 aromatic rings. The number of hydrazine groups is 1. The highest BCUT2D eigenvalue weighted by molar-refractivity contribution is 5.74. The quantitative estimate of drug-likeness (QED) is 0.259. The number of unbranched alkanes of at least 4 members (excludes halogenated alkanes) is 2. The van der Waals surface area contributed by atoms with Crippen molar-refractivity contribution in [3.8, 4) is 0 Å². The van der Waals surface area contributed by atoms with E-state index in [1.54, 1.807) is 0 Å². The summed E-state index contributed by atoms with van der Waals surface area (Å²) in [5.41, 5.74) is 2.14. The van der Waals surface area contributed by atoms with Crippen molar-refractivity contribution in [1.29, 1.82) is 0 Å². The molecular formula is C12H25N3O2. The number of likely N-dealkylation sites (tertiary alicyclic amines) is 1. The fraction of sp³-hybridized carbons (Fsp3) is 0.917. The monoisotopic (exact) mass is 243 g/mol. The van der Waals surface area contributed by atoms with Crippen LogP contribution in [-0.2, 0) is 4.79 Å². The van der Waals surface area contributed by atoms with Crippen LogP contribution < -0.4 is 11.3 Å². The maximum atomic E-state index is 10.9. The van der Waals surface area contributed by atoms with Gasteiger partial charge in [0.25, 0.3) is 0 Å². The minimum atomic E-state index is -0.0752. The Morgan fingerprint density at radius 2 is 2.00 bits per heavy atom. The third-order valence-corrected chi connectivity index (χ3v) is 3.50. The molecule has 5 nitrogen and oxygen atoms in total. The Morgan fingerprint density at radius 3 is 2.59 bits per heavy atom. The summed E-state index contributed by atoms with van der Waals surface area (Å²) in [5, 5.41) is 9.03. The molecule has 1 amide bonds. The SMILES string of the molecule is NNC(=O)CCCCCN1CCC(CO)CC1. The lowest BCUT2D eigenvalue weighted by Gasteiger charge is -2.30. The van der Waals surface area contributed by atoms with Crippen molar-refractivity contribution in [3.63, 3.8) is 0 Å². The molecule has 0 unspecified atom stereocenters. The molecule has 0 radical (unpaired) electrons. The molecule has 1 saturated heterocycles. The first kappa shape index (κ1) is 14.4. The number of amides is 1. The normalized spacial score (nSPS) is 18.2. The Hall–Kier alpha value is -0.650. The number of hydrogen-bond acceptors (Lipinski definition) is 4. The molecule has 0 saturated carbocycles. The minimum Gasteiger partial charge on any atom is -0.396 e. The molecular weight excluding hydrogens is 218 g/mol. The summed E-state index contributed by atoms with van der Waals surface area (Å²) >= 11 is 0. The number of aliphatic hydroxyl groups excluding tert-OH is 1. The van der Waals surface area contributed by atoms with Gasteiger partial charge in [0.15, 0.2) is 0 Å². The first-order valence-corrected chi connectivity index (χ1v) is 6.59. The average molecular weight is 243 g/mol. The average Bonchev–Trinajstić information content (AvgIpc) is 2.38. The number of nitrogens with one attached hydrogen (secondary N) is 1. The molecule has 100 valence electrons. The second-order valence-electron chi connectivity index (χ2n) is 4.85. The highest BCUT2D eigenvalue weighted by Crippen LogP contribution is 2.16. The molecule has 4 N–H and O–H groups in total. The Labute approximate surface area is 103 Å². The first-order chi connectivity index (χ1) is 8.26. The van der Waals surface area contributed by atoms with Gasteiger partial charge in [0.1, 0.15) is 0 Å². The summed E-state index contributed by atoms with van der Waals surface area (Å²) in [7, 11) is 0. The van der Waals surface area contributed by atoms with Gasteiger partial charge < -0.3 is 10.0 Å². The van der Waals surface area contributed by atoms with Crippen molar-refractivity contribution in [1.82, 2.24) is 10.3 Å². The summed E-state index contributed by atoms with van der Waals surface area (Å²) in [5.74, 6) is 5.44. The molecule has 17 heavy (non-hydrogen) atoms. The zero-order valence-electron chi connectivity index (χ0n) is 10.5. The Balaban J connectivity index is 1.95. The van der Waals surface area contributed by atoms with E-state index in [1.807, 2.05) is 0 Å². The summed E-state index contributed by atoms with van der Waals surface area (Å²) < 4.78 is 0. The van der Waals surface area contributed by atoms with Crippen LogP contribution in [0.2, 0.25) is 0 Å². The zero-order chi connectivity index (χ0) is 12.5. The van der Waals surface area contributed by atoms with Crippen LogP contribution in [0.25, 0.3) is 0 Å². The molecule has 1 fully saturated rings. The van der Waals surface area contributed by atoms with Gasteiger partial charge in [-0.3, -0.25) is 10.2 Å². The Kier molecular flexibility index (Phi) is 7.16. The molecule has 0 bridgehead atoms. The van der Waals surface area contributed by atoms with E-state index in [9.17, 15) is 4.79 Å². The van der Waals surface area contributed by atoms with Gasteiger partial charge in [-0.1, -0.05) is 6.42 Å². The highest BCUT2D eigenvalue weighted by Gasteiger charge is 2.17. The number of carbonyl (C=O) groups is 1. The zero-order valence-corrected chi connectivity index (χ0v) is 10.5. The number of hydrogen-bond donors (Lipinski definition) is 3. The fourth-order valence-electron chi connectivity index (χ4n) is 2.26. The molecule has 0 aromatic carbocycles. The molecule has 1 aliphatic rings. The van der Waals surface area contributed by atoms with E-state index in [4.69, 9.17) is 10.9 Å². The highest BCUT2D eigenvalue weighted by atomic mass is 16.3. The van der Waals surface area contributed by atoms with Gasteiger partial charge >= 0.3 is 0 Å². The van der Waals surface area contributed by atoms with E-state index in [2.05, 4.69) is 10.3 Å². The summed E-state index contributed by atoms with van der Waals surface area (Å²) in [6.45, 7) is 3.66. The van der Waals surface area contributed by atoms with Crippen LogP contribution in [-0.4, -0.2) is 42.2 Å². The Bertz CT molecular complexity index is 216. The molecule has 0 aliphatic carbocycles. The van der Waals surface area contributed by atoms with Gasteiger partial charge in [-0.25, -0.2) is 5.84 Å². The number of nitrogens with zero attached hydrogens (tertiary/aromatic N) is 1. The van der Waals surface area contributed by atoms with Crippen LogP contribution in [0.15, 0.2) is 0 Å². The van der Waals surface area contributed by atoms with Crippen LogP contribution in [0.5, 0.6) is 0 Å². The van der Waals surface area contributed by atoms with Crippen molar-refractivity contribution < 1.29 is 9.90 Å². The molecule has 0 spiro atoms. The molecule has 1 heterocycles. The van der Waals surface area contributed by atoms with Gasteiger partial charge in [-0.15, -0.1) is 0 Å². The lowest BCUT2D eigenvalue weighted by molar-refractivity contribution is -0.121. The predicted octanol–water partition coefficient (Wildman–Crippen LogP) is 0.241. The van der Waals surface area contributed by atoms with Crippen molar-refractivity contribution in [3.05, 3.63) is 0 Å². The summed E-state index contributed by atoms with van der Waals surface area (Å²) in [6, 6.07) is 0. The maximum Gasteiger partial charge on any atom is 0.233 e. The molecule has 0 atom stereocenters. The first-order valence-electron chi connectivity index (χ1n) is 6.59. The number of aliphatic hydroxyl groups is 1. The number of carbonyl (C=O) groups excluding carboxylic acids is 1. The van der Waals surface area contributed by atoms with Crippen molar-refractivity contribution >= 4 is 5.91 Å². The van der Waals surface area contributed by atoms with Crippen LogP contribution in [0.4, 0.5) is 0 Å². The van der Waals surface area contributed by atoms with E-state index < -0.39 is 0 Å². The third-order valence-electron chi connectivity index (χ3n) is 3.50. The standard InChI is InChI=1S/C12H25N3O2/c13-14-12(17)4-2-1-3-7-15-8-5-11(10-16)6-9-15/h11,16H,1-10,13H2,(H,14,17). The van der Waals surface area contributed by atoms with Gasteiger partial charge in [-0.05, 0) is 51.2 Å². The van der Waals surface area contributed by atoms with Crippen LogP contribution in [0.3, 0.4) is 0 Å². The van der Waals surface area contributed by atoms with Crippen LogP contribution in [0, 0.1) is 5.92 Å².